The topological polar surface area (TPSA) is 98.1 Å². The van der Waals surface area contributed by atoms with E-state index in [9.17, 15) is 0 Å². The van der Waals surface area contributed by atoms with E-state index in [1.54, 1.807) is 13.3 Å². The second kappa shape index (κ2) is 9.14. The average Bonchev–Trinajstić information content (AvgIpc) is 3.23. The Labute approximate surface area is 181 Å². The Morgan fingerprint density at radius 2 is 1.97 bits per heavy atom. The Hall–Kier alpha value is -2.44. The van der Waals surface area contributed by atoms with Crippen LogP contribution in [0.2, 0.25) is 5.02 Å². The quantitative estimate of drug-likeness (QED) is 0.670. The van der Waals surface area contributed by atoms with E-state index in [1.807, 2.05) is 6.07 Å². The zero-order valence-corrected chi connectivity index (χ0v) is 17.9. The molecular weight excluding hydrogens is 402 g/mol. The number of aromatic nitrogens is 2. The molecule has 1 aromatic carbocycles. The minimum Gasteiger partial charge on any atom is -0.495 e. The van der Waals surface area contributed by atoms with E-state index in [0.29, 0.717) is 17.4 Å². The fourth-order valence-electron chi connectivity index (χ4n) is 4.20. The number of rotatable bonds is 5. The highest BCUT2D eigenvalue weighted by Gasteiger charge is 2.30. The van der Waals surface area contributed by atoms with Crippen LogP contribution in [0.25, 0.3) is 0 Å². The molecule has 2 aromatic rings. The molecule has 0 spiro atoms. The van der Waals surface area contributed by atoms with Gasteiger partial charge in [-0.1, -0.05) is 23.7 Å². The van der Waals surface area contributed by atoms with E-state index >= 15 is 0 Å². The van der Waals surface area contributed by atoms with E-state index in [2.05, 4.69) is 50.2 Å². The molecule has 0 saturated carbocycles. The van der Waals surface area contributed by atoms with Gasteiger partial charge in [-0.15, -0.1) is 0 Å². The Kier molecular flexibility index (Phi) is 6.35. The predicted molar refractivity (Wildman–Crippen MR) is 115 cm³/mol. The van der Waals surface area contributed by atoms with Crippen LogP contribution in [0.3, 0.4) is 0 Å². The molecule has 2 fully saturated rings. The van der Waals surface area contributed by atoms with Crippen molar-refractivity contribution in [2.75, 3.05) is 32.6 Å². The summed E-state index contributed by atoms with van der Waals surface area (Å²) in [6.45, 7) is 2.18. The summed E-state index contributed by atoms with van der Waals surface area (Å²) in [6.07, 6.45) is 5.95. The van der Waals surface area contributed by atoms with Crippen LogP contribution in [-0.2, 0) is 0 Å². The zero-order chi connectivity index (χ0) is 21.1. The van der Waals surface area contributed by atoms with Gasteiger partial charge < -0.3 is 15.0 Å². The molecule has 2 aliphatic rings. The third-order valence-corrected chi connectivity index (χ3v) is 6.28. The first-order valence-electron chi connectivity index (χ1n) is 10.1. The van der Waals surface area contributed by atoms with Crippen LogP contribution in [0.5, 0.6) is 5.75 Å². The highest BCUT2D eigenvalue weighted by Crippen LogP contribution is 2.42. The Bertz CT molecular complexity index is 922. The van der Waals surface area contributed by atoms with Crippen LogP contribution in [0.1, 0.15) is 48.0 Å². The SMILES string of the molecule is COc1c(C2CC(Nc3cnc(C#N)cn3)NN2)ccc(C2CCN(C)CC2)c1Cl. The summed E-state index contributed by atoms with van der Waals surface area (Å²) in [4.78, 5) is 10.6. The monoisotopic (exact) mass is 427 g/mol. The molecule has 1 aromatic heterocycles. The molecule has 0 bridgehead atoms. The van der Waals surface area contributed by atoms with Gasteiger partial charge in [-0.3, -0.25) is 0 Å². The summed E-state index contributed by atoms with van der Waals surface area (Å²) in [6, 6.07) is 6.29. The fourth-order valence-corrected chi connectivity index (χ4v) is 4.60. The average molecular weight is 428 g/mol. The maximum absolute atomic E-state index is 8.84. The number of hydrogen-bond acceptors (Lipinski definition) is 8. The van der Waals surface area contributed by atoms with Gasteiger partial charge in [0.15, 0.2) is 5.69 Å². The smallest absolute Gasteiger partial charge is 0.158 e. The lowest BCUT2D eigenvalue weighted by Gasteiger charge is -2.30. The Balaban J connectivity index is 1.47. The van der Waals surface area contributed by atoms with Gasteiger partial charge in [-0.2, -0.15) is 5.26 Å². The van der Waals surface area contributed by atoms with Crippen molar-refractivity contribution in [3.8, 4) is 11.8 Å². The van der Waals surface area contributed by atoms with Gasteiger partial charge in [0.05, 0.1) is 36.7 Å². The highest BCUT2D eigenvalue weighted by atomic mass is 35.5. The third kappa shape index (κ3) is 4.35. The van der Waals surface area contributed by atoms with Crippen LogP contribution in [0, 0.1) is 11.3 Å². The molecule has 3 heterocycles. The number of likely N-dealkylation sites (tertiary alicyclic amines) is 1. The number of benzene rings is 1. The molecule has 0 radical (unpaired) electrons. The normalized spacial score (nSPS) is 22.6. The Morgan fingerprint density at radius 3 is 2.63 bits per heavy atom. The van der Waals surface area contributed by atoms with Crippen LogP contribution in [-0.4, -0.2) is 48.3 Å². The molecule has 158 valence electrons. The first kappa shape index (κ1) is 20.8. The van der Waals surface area contributed by atoms with Crippen molar-refractivity contribution in [1.29, 1.82) is 5.26 Å². The minimum atomic E-state index is -0.0470. The lowest BCUT2D eigenvalue weighted by Crippen LogP contribution is -2.36. The Morgan fingerprint density at radius 1 is 1.20 bits per heavy atom. The van der Waals surface area contributed by atoms with Crippen molar-refractivity contribution < 1.29 is 4.74 Å². The summed E-state index contributed by atoms with van der Waals surface area (Å²) >= 11 is 6.81. The zero-order valence-electron chi connectivity index (χ0n) is 17.2. The number of halogens is 1. The second-order valence-electron chi connectivity index (χ2n) is 7.84. The molecule has 30 heavy (non-hydrogen) atoms. The van der Waals surface area contributed by atoms with Gasteiger partial charge in [-0.05, 0) is 44.5 Å². The van der Waals surface area contributed by atoms with Crippen LogP contribution in [0.15, 0.2) is 24.5 Å². The van der Waals surface area contributed by atoms with E-state index in [0.717, 1.165) is 48.7 Å². The van der Waals surface area contributed by atoms with E-state index < -0.39 is 0 Å². The van der Waals surface area contributed by atoms with E-state index in [1.165, 1.54) is 11.8 Å². The lowest BCUT2D eigenvalue weighted by atomic mass is 9.88. The molecule has 8 nitrogen and oxygen atoms in total. The number of nitriles is 1. The number of hydrazine groups is 1. The van der Waals surface area contributed by atoms with Crippen molar-refractivity contribution in [2.24, 2.45) is 0 Å². The van der Waals surface area contributed by atoms with Crippen LogP contribution >= 0.6 is 11.6 Å². The van der Waals surface area contributed by atoms with Crippen LogP contribution < -0.4 is 20.9 Å². The van der Waals surface area contributed by atoms with Gasteiger partial charge in [0.1, 0.15) is 17.6 Å². The standard InChI is InChI=1S/C21H26ClN7O/c1-29-7-5-13(6-8-29)15-3-4-16(21(30-2)20(15)22)17-9-18(28-27-17)26-19-12-24-14(10-23)11-25-19/h3-4,11-13,17-18,27-28H,5-9H2,1-2H3,(H,25,26). The van der Waals surface area contributed by atoms with Gasteiger partial charge in [-0.25, -0.2) is 20.8 Å². The molecule has 4 rings (SSSR count). The number of methoxy groups -OCH3 is 1. The molecule has 0 amide bonds. The first-order valence-corrected chi connectivity index (χ1v) is 10.5. The highest BCUT2D eigenvalue weighted by molar-refractivity contribution is 6.33. The van der Waals surface area contributed by atoms with Crippen molar-refractivity contribution in [3.63, 3.8) is 0 Å². The number of nitrogens with one attached hydrogen (secondary N) is 3. The van der Waals surface area contributed by atoms with Gasteiger partial charge in [0.25, 0.3) is 0 Å². The molecule has 0 aliphatic carbocycles. The van der Waals surface area contributed by atoms with E-state index in [4.69, 9.17) is 21.6 Å². The molecule has 9 heteroatoms. The summed E-state index contributed by atoms with van der Waals surface area (Å²) in [7, 11) is 3.84. The van der Waals surface area contributed by atoms with Crippen molar-refractivity contribution >= 4 is 17.4 Å². The summed E-state index contributed by atoms with van der Waals surface area (Å²) in [5.41, 5.74) is 9.05. The summed E-state index contributed by atoms with van der Waals surface area (Å²) in [5.74, 6) is 1.82. The van der Waals surface area contributed by atoms with Crippen molar-refractivity contribution in [1.82, 2.24) is 25.7 Å². The van der Waals surface area contributed by atoms with Gasteiger partial charge >= 0.3 is 0 Å². The van der Waals surface area contributed by atoms with Crippen molar-refractivity contribution in [3.05, 3.63) is 46.4 Å². The number of hydrogen-bond donors (Lipinski definition) is 3. The van der Waals surface area contributed by atoms with Crippen molar-refractivity contribution in [2.45, 2.75) is 37.4 Å². The number of piperidine rings is 1. The number of anilines is 1. The minimum absolute atomic E-state index is 0.0350. The lowest BCUT2D eigenvalue weighted by molar-refractivity contribution is 0.255. The maximum Gasteiger partial charge on any atom is 0.158 e. The second-order valence-corrected chi connectivity index (χ2v) is 8.22. The molecule has 2 saturated heterocycles. The van der Waals surface area contributed by atoms with Gasteiger partial charge in [0, 0.05) is 12.0 Å². The third-order valence-electron chi connectivity index (χ3n) is 5.89. The number of nitrogens with zero attached hydrogens (tertiary/aromatic N) is 4. The van der Waals surface area contributed by atoms with Crippen LogP contribution in [0.4, 0.5) is 5.82 Å². The first-order chi connectivity index (χ1) is 14.6. The summed E-state index contributed by atoms with van der Waals surface area (Å²) < 4.78 is 5.74. The predicted octanol–water partition coefficient (Wildman–Crippen LogP) is 2.80. The molecule has 3 N–H and O–H groups in total. The molecular formula is C21H26ClN7O. The molecule has 2 aliphatic heterocycles. The largest absolute Gasteiger partial charge is 0.495 e. The van der Waals surface area contributed by atoms with E-state index in [-0.39, 0.29) is 12.2 Å². The molecule has 2 unspecified atom stereocenters. The number of ether oxygens (including phenoxy) is 1. The summed E-state index contributed by atoms with van der Waals surface area (Å²) in [5, 5.41) is 12.8. The maximum atomic E-state index is 8.84. The van der Waals surface area contributed by atoms with Gasteiger partial charge in [0.2, 0.25) is 0 Å². The molecule has 2 atom stereocenters. The fraction of sp³-hybridized carbons (Fsp3) is 0.476.